The van der Waals surface area contributed by atoms with Crippen LogP contribution in [0.2, 0.25) is 6.55 Å². The van der Waals surface area contributed by atoms with Crippen LogP contribution in [0.15, 0.2) is 109 Å². The van der Waals surface area contributed by atoms with Crippen molar-refractivity contribution in [1.29, 1.82) is 0 Å². The van der Waals surface area contributed by atoms with Crippen molar-refractivity contribution >= 4 is 21.8 Å². The van der Waals surface area contributed by atoms with E-state index in [4.69, 9.17) is 0 Å². The van der Waals surface area contributed by atoms with E-state index in [2.05, 4.69) is 125 Å². The molecule has 0 amide bonds. The molecular formula is C35H38Cl2SiZr. The predicted molar refractivity (Wildman–Crippen MR) is 160 cm³/mol. The summed E-state index contributed by atoms with van der Waals surface area (Å²) in [6.07, 6.45) is 9.57. The van der Waals surface area contributed by atoms with Gasteiger partial charge in [-0.1, -0.05) is 0 Å². The second-order valence-electron chi connectivity index (χ2n) is 10.4. The Balaban J connectivity index is 0.00000210. The fourth-order valence-corrected chi connectivity index (χ4v) is 26.4. The van der Waals surface area contributed by atoms with Crippen LogP contribution in [0.5, 0.6) is 0 Å². The van der Waals surface area contributed by atoms with Gasteiger partial charge < -0.3 is 24.8 Å². The Bertz CT molecular complexity index is 1420. The average molecular weight is 649 g/mol. The molecule has 3 aromatic carbocycles. The molecule has 3 aromatic rings. The molecule has 4 heteroatoms. The number of hydrogen-bond donors (Lipinski definition) is 0. The topological polar surface area (TPSA) is 0 Å². The van der Waals surface area contributed by atoms with Crippen LogP contribution in [0.25, 0.3) is 11.1 Å². The summed E-state index contributed by atoms with van der Waals surface area (Å²) >= 11 is -2.18. The first kappa shape index (κ1) is 31.8. The van der Waals surface area contributed by atoms with Crippen LogP contribution >= 0.6 is 0 Å². The van der Waals surface area contributed by atoms with E-state index in [1.165, 1.54) is 22.3 Å². The van der Waals surface area contributed by atoms with E-state index in [-0.39, 0.29) is 24.8 Å². The molecule has 0 N–H and O–H groups in total. The smallest absolute Gasteiger partial charge is 1.00 e. The number of allylic oxidation sites excluding steroid dienone is 8. The molecule has 0 unspecified atom stereocenters. The van der Waals surface area contributed by atoms with Crippen LogP contribution in [0.3, 0.4) is 0 Å². The van der Waals surface area contributed by atoms with Gasteiger partial charge in [0.1, 0.15) is 0 Å². The molecule has 0 spiro atoms. The van der Waals surface area contributed by atoms with E-state index in [1.54, 1.807) is 27.5 Å². The second kappa shape index (κ2) is 14.3. The van der Waals surface area contributed by atoms with Crippen LogP contribution < -0.4 is 30.0 Å². The molecular weight excluding hydrogens is 611 g/mol. The van der Waals surface area contributed by atoms with Crippen molar-refractivity contribution in [2.75, 3.05) is 0 Å². The van der Waals surface area contributed by atoms with Crippen molar-refractivity contribution in [1.82, 2.24) is 0 Å². The van der Waals surface area contributed by atoms with E-state index >= 15 is 0 Å². The SMILES string of the molecule is CCc1ccccc1C1=CC(C)=[C]([Zr+2]([C]2=C(C)C=C(c3ccccc3CC)C2)=[Si](C)c2ccccc2)C1.[Cl-].[Cl-]. The average Bonchev–Trinajstić information content (AvgIpc) is 3.51. The predicted octanol–water partition coefficient (Wildman–Crippen LogP) is 2.79. The third kappa shape index (κ3) is 6.62. The zero-order valence-electron chi connectivity index (χ0n) is 23.7. The third-order valence-electron chi connectivity index (χ3n) is 8.14. The summed E-state index contributed by atoms with van der Waals surface area (Å²) in [7, 11) is 0. The first-order valence-corrected chi connectivity index (χ1v) is 21.9. The number of aryl methyl sites for hydroxylation is 2. The molecule has 0 aromatic heterocycles. The van der Waals surface area contributed by atoms with Gasteiger partial charge in [0.05, 0.1) is 0 Å². The van der Waals surface area contributed by atoms with Gasteiger partial charge in [0.2, 0.25) is 0 Å². The maximum atomic E-state index is 2.63. The molecule has 2 aliphatic rings. The molecule has 5 rings (SSSR count). The molecule has 0 radical (unpaired) electrons. The zero-order chi connectivity index (χ0) is 25.9. The summed E-state index contributed by atoms with van der Waals surface area (Å²) < 4.78 is 3.69. The number of hydrogen-bond acceptors (Lipinski definition) is 0. The second-order valence-corrected chi connectivity index (χ2v) is 25.5. The van der Waals surface area contributed by atoms with Crippen molar-refractivity contribution in [2.24, 2.45) is 0 Å². The van der Waals surface area contributed by atoms with Gasteiger partial charge in [-0.15, -0.1) is 0 Å². The number of rotatable bonds is 7. The maximum absolute atomic E-state index is 2.63. The summed E-state index contributed by atoms with van der Waals surface area (Å²) in [5.41, 5.74) is 11.5. The van der Waals surface area contributed by atoms with Gasteiger partial charge in [-0.05, 0) is 0 Å². The Morgan fingerprint density at radius 2 is 1.03 bits per heavy atom. The van der Waals surface area contributed by atoms with Gasteiger partial charge in [-0.2, -0.15) is 0 Å². The van der Waals surface area contributed by atoms with Crippen LogP contribution in [0.4, 0.5) is 0 Å². The molecule has 0 fully saturated rings. The van der Waals surface area contributed by atoms with Gasteiger partial charge in [0, 0.05) is 0 Å². The minimum atomic E-state index is -2.18. The number of halogens is 2. The largest absolute Gasteiger partial charge is 1.00 e. The van der Waals surface area contributed by atoms with Crippen LogP contribution in [-0.2, 0) is 33.2 Å². The molecule has 200 valence electrons. The summed E-state index contributed by atoms with van der Waals surface area (Å²) in [6, 6.07) is 29.6. The Morgan fingerprint density at radius 3 is 1.46 bits per heavy atom. The molecule has 0 atom stereocenters. The Morgan fingerprint density at radius 1 is 0.615 bits per heavy atom. The number of benzene rings is 3. The van der Waals surface area contributed by atoms with Gasteiger partial charge >= 0.3 is 233 Å². The minimum Gasteiger partial charge on any atom is -1.00 e. The first-order chi connectivity index (χ1) is 18.0. The van der Waals surface area contributed by atoms with Crippen LogP contribution in [0.1, 0.15) is 62.8 Å². The fourth-order valence-electron chi connectivity index (χ4n) is 6.13. The Hall–Kier alpha value is -1.70. The summed E-state index contributed by atoms with van der Waals surface area (Å²) in [5, 5.41) is 1.62. The first-order valence-electron chi connectivity index (χ1n) is 13.8. The van der Waals surface area contributed by atoms with E-state index in [0.717, 1.165) is 25.7 Å². The van der Waals surface area contributed by atoms with Crippen LogP contribution in [-0.4, -0.2) is 5.43 Å². The Kier molecular flexibility index (Phi) is 11.6. The van der Waals surface area contributed by atoms with Gasteiger partial charge in [0.25, 0.3) is 0 Å². The monoisotopic (exact) mass is 646 g/mol. The molecule has 0 bridgehead atoms. The van der Waals surface area contributed by atoms with Crippen molar-refractivity contribution in [3.63, 3.8) is 0 Å². The minimum absolute atomic E-state index is 0. The quantitative estimate of drug-likeness (QED) is 0.346. The van der Waals surface area contributed by atoms with Crippen molar-refractivity contribution in [3.05, 3.63) is 131 Å². The maximum Gasteiger partial charge on any atom is -1.00 e. The molecule has 0 saturated carbocycles. The fraction of sp³-hybridized carbons (Fsp3) is 0.257. The molecule has 2 aliphatic carbocycles. The van der Waals surface area contributed by atoms with E-state index in [9.17, 15) is 0 Å². The molecule has 0 heterocycles. The summed E-state index contributed by atoms with van der Waals surface area (Å²) in [5.74, 6) is 0. The van der Waals surface area contributed by atoms with Gasteiger partial charge in [-0.25, -0.2) is 0 Å². The summed E-state index contributed by atoms with van der Waals surface area (Å²) in [4.78, 5) is 0. The molecule has 0 nitrogen and oxygen atoms in total. The molecule has 0 saturated heterocycles. The van der Waals surface area contributed by atoms with E-state index in [1.807, 2.05) is 6.56 Å². The van der Waals surface area contributed by atoms with E-state index < -0.39 is 25.8 Å². The third-order valence-corrected chi connectivity index (χ3v) is 27.1. The molecule has 0 aliphatic heterocycles. The normalized spacial score (nSPS) is 14.3. The van der Waals surface area contributed by atoms with E-state index in [0.29, 0.717) is 0 Å². The zero-order valence-corrected chi connectivity index (χ0v) is 28.7. The standard InChI is InChI=1S/2C14H15.C7H8Si.2ClH.Zr/c2*1-3-12-6-4-5-7-14(12)13-9-8-11(2)10-13;1-8-7-5-3-2-4-6-7;;;/h2*4-7,10H,3,9H2,1-2H3;2-6H,1H3;2*1H;/q;;;;;+2/p-2. The summed E-state index contributed by atoms with van der Waals surface area (Å²) in [6.45, 7) is 12.0. The molecule has 39 heavy (non-hydrogen) atoms. The Labute approximate surface area is 256 Å². The van der Waals surface area contributed by atoms with Gasteiger partial charge in [0.15, 0.2) is 0 Å². The van der Waals surface area contributed by atoms with Crippen molar-refractivity contribution < 1.29 is 45.2 Å². The van der Waals surface area contributed by atoms with Crippen molar-refractivity contribution in [2.45, 2.75) is 59.9 Å². The van der Waals surface area contributed by atoms with Gasteiger partial charge in [-0.3, -0.25) is 0 Å². The van der Waals surface area contributed by atoms with Crippen LogP contribution in [0, 0.1) is 0 Å². The van der Waals surface area contributed by atoms with Crippen molar-refractivity contribution in [3.8, 4) is 0 Å².